The second-order valence-corrected chi connectivity index (χ2v) is 7.41. The number of nitrogens with zero attached hydrogens (tertiary/aromatic N) is 2. The van der Waals surface area contributed by atoms with E-state index in [4.69, 9.17) is 21.1 Å². The molecule has 0 spiro atoms. The van der Waals surface area contributed by atoms with Crippen LogP contribution in [-0.4, -0.2) is 60.6 Å². The highest BCUT2D eigenvalue weighted by atomic mass is 16.6. The summed E-state index contributed by atoms with van der Waals surface area (Å²) in [5.74, 6) is 0.757. The van der Waals surface area contributed by atoms with Crippen molar-refractivity contribution in [2.75, 3.05) is 39.5 Å². The molecular weight excluding hydrogens is 332 g/mol. The first-order chi connectivity index (χ1) is 12.3. The summed E-state index contributed by atoms with van der Waals surface area (Å²) in [5, 5.41) is 0.845. The van der Waals surface area contributed by atoms with Gasteiger partial charge in [0.1, 0.15) is 18.0 Å². The van der Waals surface area contributed by atoms with E-state index in [2.05, 4.69) is 4.90 Å². The standard InChI is InChI=1S/C20H26N2O4/c1-15-13-16-14-17(25-12-9-21-7-10-24-11-8-21)5-6-18(16)22(15)19(23)26-20(2,3)4/h1,5-6,13-14H,7-12H2,2-4H3. The van der Waals surface area contributed by atoms with Gasteiger partial charge < -0.3 is 14.2 Å². The van der Waals surface area contributed by atoms with Crippen LogP contribution >= 0.6 is 0 Å². The fourth-order valence-electron chi connectivity index (χ4n) is 2.93. The van der Waals surface area contributed by atoms with E-state index in [0.717, 1.165) is 44.0 Å². The first-order valence-corrected chi connectivity index (χ1v) is 8.91. The zero-order chi connectivity index (χ0) is 18.7. The van der Waals surface area contributed by atoms with Crippen LogP contribution in [0.15, 0.2) is 24.3 Å². The van der Waals surface area contributed by atoms with Crippen molar-refractivity contribution in [3.05, 3.63) is 36.9 Å². The van der Waals surface area contributed by atoms with Gasteiger partial charge in [0.2, 0.25) is 0 Å². The van der Waals surface area contributed by atoms with Crippen LogP contribution < -0.4 is 4.74 Å². The number of ether oxygens (including phenoxy) is 3. The summed E-state index contributed by atoms with van der Waals surface area (Å²) in [6.45, 7) is 16.4. The summed E-state index contributed by atoms with van der Waals surface area (Å²) < 4.78 is 18.0. The predicted octanol–water partition coefficient (Wildman–Crippen LogP) is 3.19. The van der Waals surface area contributed by atoms with Gasteiger partial charge in [-0.05, 0) is 45.0 Å². The molecule has 1 aromatic carbocycles. The van der Waals surface area contributed by atoms with Crippen molar-refractivity contribution in [2.45, 2.75) is 26.4 Å². The highest BCUT2D eigenvalue weighted by molar-refractivity contribution is 5.92. The maximum Gasteiger partial charge on any atom is 0.419 e. The van der Waals surface area contributed by atoms with Crippen LogP contribution in [0.25, 0.3) is 10.9 Å². The van der Waals surface area contributed by atoms with Crippen molar-refractivity contribution in [1.29, 1.82) is 0 Å². The van der Waals surface area contributed by atoms with Crippen LogP contribution in [0.4, 0.5) is 4.79 Å². The minimum Gasteiger partial charge on any atom is -0.492 e. The molecule has 2 aromatic rings. The number of hydrogen-bond acceptors (Lipinski definition) is 5. The predicted molar refractivity (Wildman–Crippen MR) is 99.7 cm³/mol. The molecule has 0 bridgehead atoms. The first kappa shape index (κ1) is 18.7. The van der Waals surface area contributed by atoms with Gasteiger partial charge in [-0.1, -0.05) is 0 Å². The molecule has 1 saturated heterocycles. The molecule has 2 radical (unpaired) electrons. The van der Waals surface area contributed by atoms with Gasteiger partial charge >= 0.3 is 6.09 Å². The Morgan fingerprint density at radius 3 is 2.65 bits per heavy atom. The molecule has 1 aliphatic heterocycles. The molecule has 0 N–H and O–H groups in total. The molecule has 0 saturated carbocycles. The zero-order valence-electron chi connectivity index (χ0n) is 15.7. The molecule has 0 atom stereocenters. The van der Waals surface area contributed by atoms with Gasteiger partial charge in [-0.25, -0.2) is 9.36 Å². The molecule has 6 heteroatoms. The molecule has 1 aromatic heterocycles. The molecule has 140 valence electrons. The molecule has 0 unspecified atom stereocenters. The largest absolute Gasteiger partial charge is 0.492 e. The fourth-order valence-corrected chi connectivity index (χ4v) is 2.93. The Balaban J connectivity index is 1.68. The Morgan fingerprint density at radius 1 is 1.23 bits per heavy atom. The van der Waals surface area contributed by atoms with Crippen LogP contribution in [0.2, 0.25) is 0 Å². The number of rotatable bonds is 4. The molecule has 0 aliphatic carbocycles. The third-order valence-electron chi connectivity index (χ3n) is 4.16. The minimum absolute atomic E-state index is 0.347. The topological polar surface area (TPSA) is 52.9 Å². The zero-order valence-corrected chi connectivity index (χ0v) is 15.7. The summed E-state index contributed by atoms with van der Waals surface area (Å²) in [6.07, 6.45) is -0.481. The van der Waals surface area contributed by atoms with Crippen LogP contribution in [0.3, 0.4) is 0 Å². The van der Waals surface area contributed by atoms with E-state index in [-0.39, 0.29) is 0 Å². The molecule has 2 heterocycles. The number of aromatic nitrogens is 1. The van der Waals surface area contributed by atoms with E-state index in [1.807, 2.05) is 39.0 Å². The Bertz CT molecular complexity index is 770. The van der Waals surface area contributed by atoms with Gasteiger partial charge in [0.05, 0.1) is 18.7 Å². The van der Waals surface area contributed by atoms with Gasteiger partial charge in [-0.15, -0.1) is 0 Å². The number of carbonyl (C=O) groups excluding carboxylic acids is 1. The normalized spacial score (nSPS) is 16.0. The van der Waals surface area contributed by atoms with Crippen LogP contribution in [-0.2, 0) is 9.47 Å². The minimum atomic E-state index is -0.581. The molecule has 1 fully saturated rings. The smallest absolute Gasteiger partial charge is 0.419 e. The second kappa shape index (κ2) is 7.68. The monoisotopic (exact) mass is 358 g/mol. The van der Waals surface area contributed by atoms with Crippen LogP contribution in [0, 0.1) is 6.92 Å². The summed E-state index contributed by atoms with van der Waals surface area (Å²) >= 11 is 0. The second-order valence-electron chi connectivity index (χ2n) is 7.41. The Hall–Kier alpha value is -2.05. The average molecular weight is 358 g/mol. The number of hydrogen-bond donors (Lipinski definition) is 0. The van der Waals surface area contributed by atoms with Crippen molar-refractivity contribution in [3.63, 3.8) is 0 Å². The van der Waals surface area contributed by atoms with Gasteiger partial charge in [-0.3, -0.25) is 4.90 Å². The average Bonchev–Trinajstić information content (AvgIpc) is 2.89. The van der Waals surface area contributed by atoms with E-state index in [1.165, 1.54) is 4.57 Å². The molecule has 6 nitrogen and oxygen atoms in total. The number of morpholine rings is 1. The molecule has 26 heavy (non-hydrogen) atoms. The van der Waals surface area contributed by atoms with Gasteiger partial charge in [0, 0.05) is 37.6 Å². The maximum atomic E-state index is 12.4. The van der Waals surface area contributed by atoms with Crippen molar-refractivity contribution in [2.24, 2.45) is 0 Å². The lowest BCUT2D eigenvalue weighted by molar-refractivity contribution is 0.0322. The quantitative estimate of drug-likeness (QED) is 0.840. The van der Waals surface area contributed by atoms with E-state index < -0.39 is 11.7 Å². The number of benzene rings is 1. The Morgan fingerprint density at radius 2 is 1.96 bits per heavy atom. The van der Waals surface area contributed by atoms with Gasteiger partial charge in [-0.2, -0.15) is 0 Å². The lowest BCUT2D eigenvalue weighted by atomic mass is 10.2. The SMILES string of the molecule is [CH]c1cc2cc(OCCN3CCOCC3)ccc2n1C(=O)OC(C)(C)C. The van der Waals surface area contributed by atoms with Crippen molar-refractivity contribution < 1.29 is 19.0 Å². The van der Waals surface area contributed by atoms with Crippen LogP contribution in [0.5, 0.6) is 5.75 Å². The summed E-state index contributed by atoms with van der Waals surface area (Å²) in [7, 11) is 0. The summed E-state index contributed by atoms with van der Waals surface area (Å²) in [5.41, 5.74) is 0.472. The number of fused-ring (bicyclic) bond motifs is 1. The van der Waals surface area contributed by atoms with E-state index in [1.54, 1.807) is 6.07 Å². The maximum absolute atomic E-state index is 12.4. The van der Waals surface area contributed by atoms with E-state index in [9.17, 15) is 4.79 Å². The van der Waals surface area contributed by atoms with Crippen molar-refractivity contribution in [1.82, 2.24) is 9.47 Å². The molecule has 0 amide bonds. The van der Waals surface area contributed by atoms with Crippen molar-refractivity contribution in [3.8, 4) is 5.75 Å². The lowest BCUT2D eigenvalue weighted by Crippen LogP contribution is -2.38. The molecular formula is C20H26N2O4. The van der Waals surface area contributed by atoms with E-state index in [0.29, 0.717) is 17.8 Å². The highest BCUT2D eigenvalue weighted by Gasteiger charge is 2.21. The van der Waals surface area contributed by atoms with Crippen molar-refractivity contribution >= 4 is 17.0 Å². The number of carbonyl (C=O) groups is 1. The lowest BCUT2D eigenvalue weighted by Gasteiger charge is -2.26. The molecule has 1 aliphatic rings. The first-order valence-electron chi connectivity index (χ1n) is 8.91. The highest BCUT2D eigenvalue weighted by Crippen LogP contribution is 2.25. The van der Waals surface area contributed by atoms with E-state index >= 15 is 0 Å². The van der Waals surface area contributed by atoms with Gasteiger partial charge in [0.25, 0.3) is 0 Å². The van der Waals surface area contributed by atoms with Gasteiger partial charge in [0.15, 0.2) is 0 Å². The third-order valence-corrected chi connectivity index (χ3v) is 4.16. The Kier molecular flexibility index (Phi) is 5.53. The van der Waals surface area contributed by atoms with Crippen LogP contribution in [0.1, 0.15) is 26.5 Å². The summed E-state index contributed by atoms with van der Waals surface area (Å²) in [6, 6.07) is 7.33. The summed E-state index contributed by atoms with van der Waals surface area (Å²) in [4.78, 5) is 14.7. The fraction of sp³-hybridized carbons (Fsp3) is 0.500. The third kappa shape index (κ3) is 4.56. The Labute approximate surface area is 154 Å². The molecule has 3 rings (SSSR count).